The second-order valence-electron chi connectivity index (χ2n) is 3.91. The Morgan fingerprint density at radius 3 is 2.32 bits per heavy atom. The summed E-state index contributed by atoms with van der Waals surface area (Å²) in [6, 6.07) is 15.4. The third-order valence-electron chi connectivity index (χ3n) is 2.49. The third kappa shape index (κ3) is 3.42. The third-order valence-corrected chi connectivity index (χ3v) is 2.49. The molecule has 0 saturated carbocycles. The first-order chi connectivity index (χ1) is 9.16. The van der Waals surface area contributed by atoms with Crippen molar-refractivity contribution in [2.24, 2.45) is 0 Å². The van der Waals surface area contributed by atoms with Crippen LogP contribution >= 0.6 is 0 Å². The molecular weight excluding hydrogens is 244 g/mol. The summed E-state index contributed by atoms with van der Waals surface area (Å²) in [5.41, 5.74) is 1.05. The minimum atomic E-state index is -1.06. The van der Waals surface area contributed by atoms with Gasteiger partial charge < -0.3 is 9.84 Å². The van der Waals surface area contributed by atoms with Gasteiger partial charge in [0, 0.05) is 11.1 Å². The molecule has 0 bridgehead atoms. The Morgan fingerprint density at radius 2 is 1.63 bits per heavy atom. The summed E-state index contributed by atoms with van der Waals surface area (Å²) in [6.45, 7) is -0.428. The largest absolute Gasteiger partial charge is 0.482 e. The van der Waals surface area contributed by atoms with Crippen LogP contribution in [0, 0.1) is 0 Å². The van der Waals surface area contributed by atoms with E-state index in [2.05, 4.69) is 0 Å². The second-order valence-corrected chi connectivity index (χ2v) is 3.91. The highest BCUT2D eigenvalue weighted by Gasteiger charge is 2.09. The first-order valence-electron chi connectivity index (χ1n) is 5.71. The van der Waals surface area contributed by atoms with E-state index in [0.29, 0.717) is 16.9 Å². The predicted molar refractivity (Wildman–Crippen MR) is 69.4 cm³/mol. The van der Waals surface area contributed by atoms with Crippen LogP contribution < -0.4 is 4.74 Å². The molecule has 0 aliphatic carbocycles. The van der Waals surface area contributed by atoms with Gasteiger partial charge in [-0.3, -0.25) is 4.79 Å². The molecule has 0 saturated heterocycles. The summed E-state index contributed by atoms with van der Waals surface area (Å²) in [7, 11) is 0. The molecule has 0 fully saturated rings. The second kappa shape index (κ2) is 5.82. The molecular formula is C15H12O4. The number of carboxylic acid groups (broad SMARTS) is 1. The van der Waals surface area contributed by atoms with Crippen LogP contribution in [0.5, 0.6) is 5.75 Å². The lowest BCUT2D eigenvalue weighted by atomic mass is 10.0. The molecule has 0 aliphatic rings. The van der Waals surface area contributed by atoms with Crippen molar-refractivity contribution in [3.8, 4) is 5.75 Å². The Hall–Kier alpha value is -2.62. The van der Waals surface area contributed by atoms with Crippen LogP contribution in [0.25, 0.3) is 0 Å². The fourth-order valence-corrected chi connectivity index (χ4v) is 1.63. The van der Waals surface area contributed by atoms with Crippen molar-refractivity contribution in [1.82, 2.24) is 0 Å². The molecule has 1 N–H and O–H groups in total. The van der Waals surface area contributed by atoms with Gasteiger partial charge in [-0.25, -0.2) is 4.79 Å². The fraction of sp³-hybridized carbons (Fsp3) is 0.0667. The van der Waals surface area contributed by atoms with Crippen molar-refractivity contribution >= 4 is 11.8 Å². The maximum absolute atomic E-state index is 12.2. The highest BCUT2D eigenvalue weighted by atomic mass is 16.5. The zero-order chi connectivity index (χ0) is 13.7. The summed E-state index contributed by atoms with van der Waals surface area (Å²) in [6.07, 6.45) is 0. The number of ketones is 1. The summed E-state index contributed by atoms with van der Waals surface area (Å²) in [5, 5.41) is 8.54. The topological polar surface area (TPSA) is 63.6 Å². The number of hydrogen-bond acceptors (Lipinski definition) is 3. The molecule has 4 heteroatoms. The number of carboxylic acids is 1. The Bertz CT molecular complexity index is 590. The molecule has 2 aromatic rings. The van der Waals surface area contributed by atoms with E-state index in [0.717, 1.165) is 0 Å². The lowest BCUT2D eigenvalue weighted by molar-refractivity contribution is -0.139. The molecule has 0 atom stereocenters. The number of ether oxygens (including phenoxy) is 1. The van der Waals surface area contributed by atoms with Crippen molar-refractivity contribution in [2.75, 3.05) is 6.61 Å². The smallest absolute Gasteiger partial charge is 0.341 e. The van der Waals surface area contributed by atoms with Crippen LogP contribution in [0.2, 0.25) is 0 Å². The molecule has 19 heavy (non-hydrogen) atoms. The van der Waals surface area contributed by atoms with E-state index >= 15 is 0 Å². The fourth-order valence-electron chi connectivity index (χ4n) is 1.63. The molecule has 2 aromatic carbocycles. The van der Waals surface area contributed by atoms with Crippen molar-refractivity contribution in [1.29, 1.82) is 0 Å². The van der Waals surface area contributed by atoms with Gasteiger partial charge in [0.05, 0.1) is 0 Å². The minimum Gasteiger partial charge on any atom is -0.482 e. The Balaban J connectivity index is 2.19. The SMILES string of the molecule is O=C(O)COc1cccc(C(=O)c2ccccc2)c1. The first kappa shape index (κ1) is 12.8. The molecule has 0 aliphatic heterocycles. The first-order valence-corrected chi connectivity index (χ1v) is 5.71. The molecule has 4 nitrogen and oxygen atoms in total. The van der Waals surface area contributed by atoms with Crippen molar-refractivity contribution in [3.05, 3.63) is 65.7 Å². The van der Waals surface area contributed by atoms with Crippen LogP contribution in [-0.4, -0.2) is 23.5 Å². The Morgan fingerprint density at radius 1 is 0.947 bits per heavy atom. The predicted octanol–water partition coefficient (Wildman–Crippen LogP) is 2.38. The number of carbonyl (C=O) groups excluding carboxylic acids is 1. The average molecular weight is 256 g/mol. The van der Waals surface area contributed by atoms with Crippen molar-refractivity contribution in [2.45, 2.75) is 0 Å². The van der Waals surface area contributed by atoms with Gasteiger partial charge in [0.15, 0.2) is 12.4 Å². The quantitative estimate of drug-likeness (QED) is 0.834. The van der Waals surface area contributed by atoms with Gasteiger partial charge in [0.25, 0.3) is 0 Å². The summed E-state index contributed by atoms with van der Waals surface area (Å²) >= 11 is 0. The number of rotatable bonds is 5. The van der Waals surface area contributed by atoms with Gasteiger partial charge in [-0.1, -0.05) is 42.5 Å². The van der Waals surface area contributed by atoms with Crippen LogP contribution in [-0.2, 0) is 4.79 Å². The number of aliphatic carboxylic acids is 1. The van der Waals surface area contributed by atoms with Crippen LogP contribution in [0.15, 0.2) is 54.6 Å². The van der Waals surface area contributed by atoms with E-state index in [1.165, 1.54) is 6.07 Å². The molecule has 0 radical (unpaired) electrons. The lowest BCUT2D eigenvalue weighted by Crippen LogP contribution is -2.10. The normalized spacial score (nSPS) is 9.89. The average Bonchev–Trinajstić information content (AvgIpc) is 2.45. The van der Waals surface area contributed by atoms with Gasteiger partial charge in [0.1, 0.15) is 5.75 Å². The summed E-state index contributed by atoms with van der Waals surface area (Å²) in [5.74, 6) is -0.814. The summed E-state index contributed by atoms with van der Waals surface area (Å²) in [4.78, 5) is 22.6. The molecule has 0 unspecified atom stereocenters. The van der Waals surface area contributed by atoms with Crippen LogP contribution in [0.4, 0.5) is 0 Å². The Labute approximate surface area is 110 Å². The molecule has 0 amide bonds. The number of carbonyl (C=O) groups is 2. The monoisotopic (exact) mass is 256 g/mol. The van der Waals surface area contributed by atoms with Gasteiger partial charge in [-0.05, 0) is 12.1 Å². The standard InChI is InChI=1S/C15H12O4/c16-14(17)10-19-13-8-4-7-12(9-13)15(18)11-5-2-1-3-6-11/h1-9H,10H2,(H,16,17). The molecule has 0 heterocycles. The number of benzene rings is 2. The van der Waals surface area contributed by atoms with Gasteiger partial charge in [-0.15, -0.1) is 0 Å². The molecule has 2 rings (SSSR count). The van der Waals surface area contributed by atoms with Crippen molar-refractivity contribution in [3.63, 3.8) is 0 Å². The zero-order valence-electron chi connectivity index (χ0n) is 10.1. The highest BCUT2D eigenvalue weighted by molar-refractivity contribution is 6.09. The van der Waals surface area contributed by atoms with Crippen LogP contribution in [0.3, 0.4) is 0 Å². The maximum Gasteiger partial charge on any atom is 0.341 e. The van der Waals surface area contributed by atoms with Gasteiger partial charge >= 0.3 is 5.97 Å². The van der Waals surface area contributed by atoms with E-state index in [9.17, 15) is 9.59 Å². The Kier molecular flexibility index (Phi) is 3.93. The van der Waals surface area contributed by atoms with E-state index in [4.69, 9.17) is 9.84 Å². The lowest BCUT2D eigenvalue weighted by Gasteiger charge is -2.05. The summed E-state index contributed by atoms with van der Waals surface area (Å²) < 4.78 is 5.04. The maximum atomic E-state index is 12.2. The van der Waals surface area contributed by atoms with E-state index < -0.39 is 12.6 Å². The molecule has 0 spiro atoms. The van der Waals surface area contributed by atoms with E-state index in [1.807, 2.05) is 6.07 Å². The van der Waals surface area contributed by atoms with E-state index in [1.54, 1.807) is 42.5 Å². The van der Waals surface area contributed by atoms with E-state index in [-0.39, 0.29) is 5.78 Å². The highest BCUT2D eigenvalue weighted by Crippen LogP contribution is 2.16. The van der Waals surface area contributed by atoms with Gasteiger partial charge in [-0.2, -0.15) is 0 Å². The van der Waals surface area contributed by atoms with Crippen molar-refractivity contribution < 1.29 is 19.4 Å². The number of hydrogen-bond donors (Lipinski definition) is 1. The van der Waals surface area contributed by atoms with Gasteiger partial charge in [0.2, 0.25) is 0 Å². The molecule has 0 aromatic heterocycles. The molecule has 96 valence electrons. The minimum absolute atomic E-state index is 0.124. The van der Waals surface area contributed by atoms with Crippen LogP contribution in [0.1, 0.15) is 15.9 Å². The zero-order valence-corrected chi connectivity index (χ0v) is 10.1.